The first-order valence-corrected chi connectivity index (χ1v) is 9.09. The van der Waals surface area contributed by atoms with Gasteiger partial charge in [0.1, 0.15) is 0 Å². The van der Waals surface area contributed by atoms with Crippen LogP contribution in [0.4, 0.5) is 11.4 Å². The van der Waals surface area contributed by atoms with Crippen LogP contribution in [0.2, 0.25) is 0 Å². The fraction of sp³-hybridized carbons (Fsp3) is 0.211. The molecule has 0 aliphatic rings. The highest BCUT2D eigenvalue weighted by Gasteiger charge is 2.16. The van der Waals surface area contributed by atoms with E-state index in [-0.39, 0.29) is 17.6 Å². The molecule has 2 aromatic rings. The molecule has 0 saturated heterocycles. The molecular formula is C19H21N3O3S. The SMILES string of the molecule is Cc1ccc(NC(=O)CS[C@@H](C)C(=O)Nc2cccc(C(N)=O)c2)cc1. The summed E-state index contributed by atoms with van der Waals surface area (Å²) in [5.41, 5.74) is 7.87. The minimum Gasteiger partial charge on any atom is -0.366 e. The first-order chi connectivity index (χ1) is 12.3. The van der Waals surface area contributed by atoms with Crippen molar-refractivity contribution in [2.45, 2.75) is 19.1 Å². The number of hydrogen-bond acceptors (Lipinski definition) is 4. The van der Waals surface area contributed by atoms with E-state index in [0.29, 0.717) is 11.3 Å². The number of amides is 3. The van der Waals surface area contributed by atoms with E-state index < -0.39 is 11.2 Å². The number of thioether (sulfide) groups is 1. The Kier molecular flexibility index (Phi) is 6.80. The molecule has 1 atom stereocenters. The van der Waals surface area contributed by atoms with Gasteiger partial charge in [-0.25, -0.2) is 0 Å². The van der Waals surface area contributed by atoms with Crippen LogP contribution in [0.1, 0.15) is 22.8 Å². The van der Waals surface area contributed by atoms with E-state index >= 15 is 0 Å². The van der Waals surface area contributed by atoms with Crippen LogP contribution in [0.15, 0.2) is 48.5 Å². The van der Waals surface area contributed by atoms with Gasteiger partial charge in [0.05, 0.1) is 11.0 Å². The molecule has 0 aliphatic carbocycles. The lowest BCUT2D eigenvalue weighted by Gasteiger charge is -2.12. The molecule has 4 N–H and O–H groups in total. The van der Waals surface area contributed by atoms with Crippen LogP contribution in [0, 0.1) is 6.92 Å². The number of anilines is 2. The minimum absolute atomic E-state index is 0.157. The molecule has 2 rings (SSSR count). The van der Waals surface area contributed by atoms with E-state index in [1.165, 1.54) is 17.8 Å². The third kappa shape index (κ3) is 5.93. The summed E-state index contributed by atoms with van der Waals surface area (Å²) in [6, 6.07) is 13.9. The maximum atomic E-state index is 12.2. The fourth-order valence-corrected chi connectivity index (χ4v) is 2.79. The number of carbonyl (C=O) groups excluding carboxylic acids is 3. The van der Waals surface area contributed by atoms with Gasteiger partial charge in [-0.3, -0.25) is 14.4 Å². The second kappa shape index (κ2) is 9.05. The zero-order valence-corrected chi connectivity index (χ0v) is 15.4. The van der Waals surface area contributed by atoms with Crippen molar-refractivity contribution in [3.8, 4) is 0 Å². The van der Waals surface area contributed by atoms with Crippen LogP contribution in [-0.2, 0) is 9.59 Å². The van der Waals surface area contributed by atoms with Crippen LogP contribution in [0.25, 0.3) is 0 Å². The van der Waals surface area contributed by atoms with Gasteiger partial charge < -0.3 is 16.4 Å². The van der Waals surface area contributed by atoms with Gasteiger partial charge in [0.25, 0.3) is 0 Å². The summed E-state index contributed by atoms with van der Waals surface area (Å²) in [5, 5.41) is 5.07. The van der Waals surface area contributed by atoms with Gasteiger partial charge in [0.15, 0.2) is 0 Å². The molecule has 0 heterocycles. The monoisotopic (exact) mass is 371 g/mol. The minimum atomic E-state index is -0.559. The summed E-state index contributed by atoms with van der Waals surface area (Å²) in [7, 11) is 0. The van der Waals surface area contributed by atoms with Crippen molar-refractivity contribution in [1.82, 2.24) is 0 Å². The zero-order valence-electron chi connectivity index (χ0n) is 14.6. The van der Waals surface area contributed by atoms with Gasteiger partial charge in [0.2, 0.25) is 17.7 Å². The number of nitrogens with two attached hydrogens (primary N) is 1. The van der Waals surface area contributed by atoms with Crippen molar-refractivity contribution in [2.75, 3.05) is 16.4 Å². The van der Waals surface area contributed by atoms with Gasteiger partial charge in [-0.2, -0.15) is 0 Å². The number of hydrogen-bond donors (Lipinski definition) is 3. The maximum Gasteiger partial charge on any atom is 0.248 e. The lowest BCUT2D eigenvalue weighted by molar-refractivity contribution is -0.115. The normalized spacial score (nSPS) is 11.5. The van der Waals surface area contributed by atoms with Crippen LogP contribution in [0.3, 0.4) is 0 Å². The number of aryl methyl sites for hydroxylation is 1. The van der Waals surface area contributed by atoms with Crippen LogP contribution < -0.4 is 16.4 Å². The average molecular weight is 371 g/mol. The topological polar surface area (TPSA) is 101 Å². The van der Waals surface area contributed by atoms with Gasteiger partial charge in [0, 0.05) is 16.9 Å². The number of nitrogens with one attached hydrogen (secondary N) is 2. The predicted octanol–water partition coefficient (Wildman–Crippen LogP) is 2.79. The highest BCUT2D eigenvalue weighted by molar-refractivity contribution is 8.01. The standard InChI is InChI=1S/C19H21N3O3S/c1-12-6-8-15(9-7-12)21-17(23)11-26-13(2)19(25)22-16-5-3-4-14(10-16)18(20)24/h3-10,13H,11H2,1-2H3,(H2,20,24)(H,21,23)(H,22,25)/t13-/m0/s1. The van der Waals surface area contributed by atoms with Crippen LogP contribution in [-0.4, -0.2) is 28.7 Å². The lowest BCUT2D eigenvalue weighted by Crippen LogP contribution is -2.25. The number of rotatable bonds is 7. The molecule has 26 heavy (non-hydrogen) atoms. The van der Waals surface area contributed by atoms with Crippen molar-refractivity contribution < 1.29 is 14.4 Å². The second-order valence-electron chi connectivity index (χ2n) is 5.80. The lowest BCUT2D eigenvalue weighted by atomic mass is 10.2. The van der Waals surface area contributed by atoms with Crippen molar-refractivity contribution >= 4 is 40.9 Å². The summed E-state index contributed by atoms with van der Waals surface area (Å²) in [6.45, 7) is 3.69. The fourth-order valence-electron chi connectivity index (χ4n) is 2.10. The molecule has 0 radical (unpaired) electrons. The summed E-state index contributed by atoms with van der Waals surface area (Å²) in [6.07, 6.45) is 0. The Morgan fingerprint density at radius 3 is 2.38 bits per heavy atom. The smallest absolute Gasteiger partial charge is 0.248 e. The van der Waals surface area contributed by atoms with Crippen molar-refractivity contribution in [2.24, 2.45) is 5.73 Å². The average Bonchev–Trinajstić information content (AvgIpc) is 2.61. The van der Waals surface area contributed by atoms with Crippen molar-refractivity contribution in [3.05, 3.63) is 59.7 Å². The Hall–Kier alpha value is -2.80. The molecule has 0 unspecified atom stereocenters. The summed E-state index contributed by atoms with van der Waals surface area (Å²) < 4.78 is 0. The van der Waals surface area contributed by atoms with Crippen molar-refractivity contribution in [3.63, 3.8) is 0 Å². The van der Waals surface area contributed by atoms with E-state index in [4.69, 9.17) is 5.73 Å². The van der Waals surface area contributed by atoms with E-state index in [9.17, 15) is 14.4 Å². The zero-order chi connectivity index (χ0) is 19.1. The van der Waals surface area contributed by atoms with Crippen LogP contribution in [0.5, 0.6) is 0 Å². The Morgan fingerprint density at radius 2 is 1.73 bits per heavy atom. The van der Waals surface area contributed by atoms with E-state index in [1.54, 1.807) is 25.1 Å². The molecule has 2 aromatic carbocycles. The molecule has 7 heteroatoms. The number of primary amides is 1. The Labute approximate surface area is 156 Å². The first kappa shape index (κ1) is 19.5. The van der Waals surface area contributed by atoms with Gasteiger partial charge in [-0.1, -0.05) is 23.8 Å². The molecule has 3 amide bonds. The third-order valence-corrected chi connectivity index (χ3v) is 4.73. The van der Waals surface area contributed by atoms with E-state index in [2.05, 4.69) is 10.6 Å². The molecule has 0 fully saturated rings. The Morgan fingerprint density at radius 1 is 1.04 bits per heavy atom. The number of benzene rings is 2. The molecule has 0 spiro atoms. The van der Waals surface area contributed by atoms with Gasteiger partial charge in [-0.15, -0.1) is 11.8 Å². The molecule has 6 nitrogen and oxygen atoms in total. The largest absolute Gasteiger partial charge is 0.366 e. The number of carbonyl (C=O) groups is 3. The van der Waals surface area contributed by atoms with E-state index in [0.717, 1.165) is 11.3 Å². The molecule has 136 valence electrons. The first-order valence-electron chi connectivity index (χ1n) is 8.04. The Bertz CT molecular complexity index is 806. The molecule has 0 aromatic heterocycles. The molecule has 0 aliphatic heterocycles. The summed E-state index contributed by atoms with van der Waals surface area (Å²) >= 11 is 1.23. The summed E-state index contributed by atoms with van der Waals surface area (Å²) in [5.74, 6) is -0.825. The molecular weight excluding hydrogens is 350 g/mol. The maximum absolute atomic E-state index is 12.2. The third-order valence-electron chi connectivity index (χ3n) is 3.58. The molecule has 0 saturated carbocycles. The highest BCUT2D eigenvalue weighted by Crippen LogP contribution is 2.16. The van der Waals surface area contributed by atoms with Crippen molar-refractivity contribution in [1.29, 1.82) is 0 Å². The Balaban J connectivity index is 1.83. The van der Waals surface area contributed by atoms with Crippen LogP contribution >= 0.6 is 11.8 Å². The van der Waals surface area contributed by atoms with E-state index in [1.807, 2.05) is 31.2 Å². The second-order valence-corrected chi connectivity index (χ2v) is 7.13. The summed E-state index contributed by atoms with van der Waals surface area (Å²) in [4.78, 5) is 35.4. The van der Waals surface area contributed by atoms with Gasteiger partial charge in [-0.05, 0) is 44.2 Å². The highest BCUT2D eigenvalue weighted by atomic mass is 32.2. The van der Waals surface area contributed by atoms with Gasteiger partial charge >= 0.3 is 0 Å². The quantitative estimate of drug-likeness (QED) is 0.696. The predicted molar refractivity (Wildman–Crippen MR) is 105 cm³/mol. The molecule has 0 bridgehead atoms.